The smallest absolute Gasteiger partial charge is 0.344 e. The topological polar surface area (TPSA) is 69.6 Å². The van der Waals surface area contributed by atoms with Gasteiger partial charge in [0.2, 0.25) is 5.91 Å². The summed E-state index contributed by atoms with van der Waals surface area (Å²) in [5, 5.41) is 12.1. The first-order valence-corrected chi connectivity index (χ1v) is 4.81. The molecule has 14 heavy (non-hydrogen) atoms. The number of hydrogen-bond acceptors (Lipinski definition) is 3. The van der Waals surface area contributed by atoms with Crippen molar-refractivity contribution < 1.29 is 14.7 Å². The number of carboxylic acid groups (broad SMARTS) is 1. The van der Waals surface area contributed by atoms with E-state index in [0.717, 1.165) is 6.42 Å². The predicted molar refractivity (Wildman–Crippen MR) is 50.7 cm³/mol. The van der Waals surface area contributed by atoms with E-state index in [2.05, 4.69) is 5.32 Å². The maximum atomic E-state index is 11.3. The van der Waals surface area contributed by atoms with Gasteiger partial charge in [0.05, 0.1) is 0 Å². The average molecular weight is 200 g/mol. The third kappa shape index (κ3) is 1.59. The Labute approximate surface area is 83.1 Å². The lowest BCUT2D eigenvalue weighted by atomic mass is 10.1. The van der Waals surface area contributed by atoms with Crippen LogP contribution in [-0.2, 0) is 9.59 Å². The number of nitrogens with zero attached hydrogens (tertiary/aromatic N) is 1. The molecule has 0 aromatic heterocycles. The molecule has 1 amide bonds. The second-order valence-corrected chi connectivity index (χ2v) is 3.46. The van der Waals surface area contributed by atoms with Gasteiger partial charge in [-0.1, -0.05) is 0 Å². The minimum Gasteiger partial charge on any atom is -0.478 e. The van der Waals surface area contributed by atoms with Gasteiger partial charge >= 0.3 is 5.97 Å². The second kappa shape index (κ2) is 3.96. The fourth-order valence-electron chi connectivity index (χ4n) is 2.02. The van der Waals surface area contributed by atoms with Gasteiger partial charge in [-0.15, -0.1) is 0 Å². The SMILES string of the molecule is CCN(C(C)=O)[C@@]1(C(=O)O)CCCN1. The number of carbonyl (C=O) groups excluding carboxylic acids is 1. The summed E-state index contributed by atoms with van der Waals surface area (Å²) in [6.45, 7) is 4.24. The normalized spacial score (nSPS) is 26.1. The van der Waals surface area contributed by atoms with Crippen molar-refractivity contribution >= 4 is 11.9 Å². The molecule has 0 spiro atoms. The first-order chi connectivity index (χ1) is 6.54. The van der Waals surface area contributed by atoms with Gasteiger partial charge in [-0.2, -0.15) is 0 Å². The molecule has 0 unspecified atom stereocenters. The molecule has 0 saturated carbocycles. The zero-order chi connectivity index (χ0) is 10.8. The van der Waals surface area contributed by atoms with Gasteiger partial charge in [0.25, 0.3) is 0 Å². The Morgan fingerprint density at radius 2 is 2.21 bits per heavy atom. The summed E-state index contributed by atoms with van der Waals surface area (Å²) in [6, 6.07) is 0. The minimum atomic E-state index is -1.17. The first kappa shape index (κ1) is 11.0. The Bertz CT molecular complexity index is 246. The van der Waals surface area contributed by atoms with E-state index in [0.29, 0.717) is 19.5 Å². The molecule has 1 aliphatic rings. The van der Waals surface area contributed by atoms with Crippen LogP contribution in [0.4, 0.5) is 0 Å². The molecule has 1 atom stereocenters. The van der Waals surface area contributed by atoms with E-state index >= 15 is 0 Å². The van der Waals surface area contributed by atoms with Gasteiger partial charge in [-0.3, -0.25) is 10.1 Å². The Morgan fingerprint density at radius 3 is 2.50 bits per heavy atom. The fraction of sp³-hybridized carbons (Fsp3) is 0.778. The van der Waals surface area contributed by atoms with Crippen molar-refractivity contribution in [2.75, 3.05) is 13.1 Å². The first-order valence-electron chi connectivity index (χ1n) is 4.81. The summed E-state index contributed by atoms with van der Waals surface area (Å²) in [6.07, 6.45) is 1.27. The van der Waals surface area contributed by atoms with Crippen LogP contribution in [-0.4, -0.2) is 40.6 Å². The highest BCUT2D eigenvalue weighted by atomic mass is 16.4. The van der Waals surface area contributed by atoms with E-state index in [9.17, 15) is 9.59 Å². The summed E-state index contributed by atoms with van der Waals surface area (Å²) in [5.74, 6) is -1.17. The van der Waals surface area contributed by atoms with E-state index in [1.807, 2.05) is 0 Å². The molecule has 0 aliphatic carbocycles. The van der Waals surface area contributed by atoms with Crippen LogP contribution in [0.1, 0.15) is 26.7 Å². The van der Waals surface area contributed by atoms with Crippen molar-refractivity contribution in [2.45, 2.75) is 32.4 Å². The van der Waals surface area contributed by atoms with Crippen molar-refractivity contribution in [3.05, 3.63) is 0 Å². The van der Waals surface area contributed by atoms with Gasteiger partial charge in [0.15, 0.2) is 5.66 Å². The molecular weight excluding hydrogens is 184 g/mol. The molecule has 5 nitrogen and oxygen atoms in total. The van der Waals surface area contributed by atoms with Crippen LogP contribution in [0, 0.1) is 0 Å². The van der Waals surface area contributed by atoms with E-state index < -0.39 is 11.6 Å². The van der Waals surface area contributed by atoms with E-state index in [-0.39, 0.29) is 5.91 Å². The molecule has 5 heteroatoms. The highest BCUT2D eigenvalue weighted by Crippen LogP contribution is 2.24. The highest BCUT2D eigenvalue weighted by Gasteiger charge is 2.47. The van der Waals surface area contributed by atoms with E-state index in [1.165, 1.54) is 11.8 Å². The third-order valence-electron chi connectivity index (χ3n) is 2.64. The molecule has 0 aromatic rings. The molecular formula is C9H16N2O3. The number of amides is 1. The van der Waals surface area contributed by atoms with Crippen molar-refractivity contribution in [3.8, 4) is 0 Å². The molecule has 1 saturated heterocycles. The minimum absolute atomic E-state index is 0.204. The number of nitrogens with one attached hydrogen (secondary N) is 1. The van der Waals surface area contributed by atoms with Crippen molar-refractivity contribution in [1.29, 1.82) is 0 Å². The van der Waals surface area contributed by atoms with Crippen molar-refractivity contribution in [1.82, 2.24) is 10.2 Å². The van der Waals surface area contributed by atoms with Crippen LogP contribution < -0.4 is 5.32 Å². The van der Waals surface area contributed by atoms with Crippen LogP contribution in [0.3, 0.4) is 0 Å². The summed E-state index contributed by atoms with van der Waals surface area (Å²) >= 11 is 0. The molecule has 1 heterocycles. The monoisotopic (exact) mass is 200 g/mol. The number of carboxylic acids is 1. The fourth-order valence-corrected chi connectivity index (χ4v) is 2.02. The lowest BCUT2D eigenvalue weighted by Crippen LogP contribution is -2.62. The lowest BCUT2D eigenvalue weighted by Gasteiger charge is -2.36. The maximum Gasteiger partial charge on any atom is 0.344 e. The molecule has 0 bridgehead atoms. The van der Waals surface area contributed by atoms with Crippen molar-refractivity contribution in [2.24, 2.45) is 0 Å². The Morgan fingerprint density at radius 1 is 1.57 bits per heavy atom. The second-order valence-electron chi connectivity index (χ2n) is 3.46. The van der Waals surface area contributed by atoms with Crippen LogP contribution in [0.15, 0.2) is 0 Å². The van der Waals surface area contributed by atoms with Gasteiger partial charge in [-0.05, 0) is 26.3 Å². The summed E-state index contributed by atoms with van der Waals surface area (Å²) < 4.78 is 0. The zero-order valence-corrected chi connectivity index (χ0v) is 8.54. The maximum absolute atomic E-state index is 11.3. The zero-order valence-electron chi connectivity index (χ0n) is 8.54. The van der Waals surface area contributed by atoms with Gasteiger partial charge in [0.1, 0.15) is 0 Å². The number of likely N-dealkylation sites (N-methyl/N-ethyl adjacent to an activating group) is 1. The summed E-state index contributed by atoms with van der Waals surface area (Å²) in [5.41, 5.74) is -1.17. The van der Waals surface area contributed by atoms with Gasteiger partial charge in [-0.25, -0.2) is 4.79 Å². The number of rotatable bonds is 3. The molecule has 1 rings (SSSR count). The lowest BCUT2D eigenvalue weighted by molar-refractivity contribution is -0.160. The molecule has 0 aromatic carbocycles. The molecule has 80 valence electrons. The van der Waals surface area contributed by atoms with Crippen LogP contribution >= 0.6 is 0 Å². The van der Waals surface area contributed by atoms with E-state index in [1.54, 1.807) is 6.92 Å². The third-order valence-corrected chi connectivity index (χ3v) is 2.64. The largest absolute Gasteiger partial charge is 0.478 e. The molecule has 0 radical (unpaired) electrons. The standard InChI is InChI=1S/C9H16N2O3/c1-3-11(7(2)12)9(8(13)14)5-4-6-10-9/h10H,3-6H2,1-2H3,(H,13,14)/t9-/m1/s1. The summed E-state index contributed by atoms with van der Waals surface area (Å²) in [4.78, 5) is 23.8. The quantitative estimate of drug-likeness (QED) is 0.673. The van der Waals surface area contributed by atoms with Crippen LogP contribution in [0.5, 0.6) is 0 Å². The van der Waals surface area contributed by atoms with E-state index in [4.69, 9.17) is 5.11 Å². The number of carbonyl (C=O) groups is 2. The number of hydrogen-bond donors (Lipinski definition) is 2. The van der Waals surface area contributed by atoms with Crippen LogP contribution in [0.2, 0.25) is 0 Å². The molecule has 2 N–H and O–H groups in total. The molecule has 1 fully saturated rings. The Balaban J connectivity index is 2.96. The van der Waals surface area contributed by atoms with Gasteiger partial charge < -0.3 is 10.0 Å². The predicted octanol–water partition coefficient (Wildman–Crippen LogP) is 0.0191. The summed E-state index contributed by atoms with van der Waals surface area (Å²) in [7, 11) is 0. The number of aliphatic carboxylic acids is 1. The van der Waals surface area contributed by atoms with Gasteiger partial charge in [0, 0.05) is 13.5 Å². The highest BCUT2D eigenvalue weighted by molar-refractivity contribution is 5.86. The molecule has 1 aliphatic heterocycles. The average Bonchev–Trinajstić information content (AvgIpc) is 2.54. The Hall–Kier alpha value is -1.10. The van der Waals surface area contributed by atoms with Crippen molar-refractivity contribution in [3.63, 3.8) is 0 Å². The Kier molecular flexibility index (Phi) is 3.10. The van der Waals surface area contributed by atoms with Crippen LogP contribution in [0.25, 0.3) is 0 Å².